The van der Waals surface area contributed by atoms with Crippen LogP contribution in [0.1, 0.15) is 58.9 Å². The van der Waals surface area contributed by atoms with Crippen molar-refractivity contribution >= 4 is 17.5 Å². The van der Waals surface area contributed by atoms with Crippen LogP contribution in [0.2, 0.25) is 0 Å². The van der Waals surface area contributed by atoms with Gasteiger partial charge in [0.25, 0.3) is 11.8 Å². The lowest BCUT2D eigenvalue weighted by Crippen LogP contribution is -2.22. The predicted molar refractivity (Wildman–Crippen MR) is 128 cm³/mol. The monoisotopic (exact) mass is 430 g/mol. The summed E-state index contributed by atoms with van der Waals surface area (Å²) in [6.07, 6.45) is 4.45. The van der Waals surface area contributed by atoms with Crippen LogP contribution in [0.25, 0.3) is 0 Å². The van der Waals surface area contributed by atoms with Crippen LogP contribution in [0.3, 0.4) is 0 Å². The van der Waals surface area contributed by atoms with E-state index in [9.17, 15) is 9.59 Å². The topological polar surface area (TPSA) is 67.4 Å². The summed E-state index contributed by atoms with van der Waals surface area (Å²) in [5.41, 5.74) is 2.69. The Labute approximate surface area is 189 Å². The first-order valence-electron chi connectivity index (χ1n) is 11.1. The number of hydrogen-bond donors (Lipinski definition) is 2. The molecule has 0 spiro atoms. The van der Waals surface area contributed by atoms with Crippen LogP contribution in [-0.4, -0.2) is 18.4 Å². The average Bonchev–Trinajstić information content (AvgIpc) is 2.84. The second kappa shape index (κ2) is 12.3. The van der Waals surface area contributed by atoms with Crippen molar-refractivity contribution in [1.82, 2.24) is 5.32 Å². The van der Waals surface area contributed by atoms with Gasteiger partial charge >= 0.3 is 0 Å². The second-order valence-corrected chi connectivity index (χ2v) is 7.61. The molecule has 2 N–H and O–H groups in total. The number of anilines is 1. The molecule has 0 bridgehead atoms. The molecule has 0 aliphatic carbocycles. The maximum absolute atomic E-state index is 12.8. The third-order valence-corrected chi connectivity index (χ3v) is 5.09. The molecule has 3 aromatic carbocycles. The van der Waals surface area contributed by atoms with E-state index in [1.165, 1.54) is 12.8 Å². The number of rotatable bonds is 11. The molecule has 3 rings (SSSR count). The Bertz CT molecular complexity index is 1000. The van der Waals surface area contributed by atoms with Gasteiger partial charge in [0.1, 0.15) is 5.75 Å². The number of unbranched alkanes of at least 4 members (excludes halogenated alkanes) is 3. The van der Waals surface area contributed by atoms with Gasteiger partial charge in [-0.1, -0.05) is 68.7 Å². The number of ether oxygens (including phenoxy) is 1. The average molecular weight is 431 g/mol. The van der Waals surface area contributed by atoms with Gasteiger partial charge in [-0.15, -0.1) is 0 Å². The fraction of sp³-hybridized carbons (Fsp3) is 0.259. The number of carbonyl (C=O) groups is 2. The van der Waals surface area contributed by atoms with Gasteiger partial charge in [-0.25, -0.2) is 0 Å². The predicted octanol–water partition coefficient (Wildman–Crippen LogP) is 5.83. The Hall–Kier alpha value is -3.60. The summed E-state index contributed by atoms with van der Waals surface area (Å²) in [5, 5.41) is 5.78. The molecule has 5 nitrogen and oxygen atoms in total. The van der Waals surface area contributed by atoms with E-state index in [4.69, 9.17) is 4.74 Å². The van der Waals surface area contributed by atoms with Gasteiger partial charge < -0.3 is 15.4 Å². The van der Waals surface area contributed by atoms with Gasteiger partial charge in [0, 0.05) is 17.8 Å². The molecular formula is C27H30N2O3. The number of benzene rings is 3. The van der Waals surface area contributed by atoms with Crippen molar-refractivity contribution in [3.05, 3.63) is 95.6 Å². The number of para-hydroxylation sites is 1. The van der Waals surface area contributed by atoms with Crippen LogP contribution in [0.5, 0.6) is 5.75 Å². The Morgan fingerprint density at radius 1 is 0.781 bits per heavy atom. The molecule has 2 amide bonds. The van der Waals surface area contributed by atoms with E-state index >= 15 is 0 Å². The zero-order valence-electron chi connectivity index (χ0n) is 18.5. The molecule has 32 heavy (non-hydrogen) atoms. The van der Waals surface area contributed by atoms with Gasteiger partial charge in [0.2, 0.25) is 0 Å². The fourth-order valence-electron chi connectivity index (χ4n) is 3.27. The summed E-state index contributed by atoms with van der Waals surface area (Å²) in [4.78, 5) is 25.1. The SMILES string of the molecule is CCCCCCOc1ccccc1C(=O)Nc1ccc(C(=O)NCc2ccccc2)cc1. The summed E-state index contributed by atoms with van der Waals surface area (Å²) < 4.78 is 5.84. The van der Waals surface area contributed by atoms with Crippen LogP contribution < -0.4 is 15.4 Å². The van der Waals surface area contributed by atoms with Gasteiger partial charge in [-0.2, -0.15) is 0 Å². The highest BCUT2D eigenvalue weighted by molar-refractivity contribution is 6.06. The van der Waals surface area contributed by atoms with Crippen molar-refractivity contribution in [3.63, 3.8) is 0 Å². The Morgan fingerprint density at radius 3 is 2.25 bits per heavy atom. The Kier molecular flexibility index (Phi) is 8.87. The summed E-state index contributed by atoms with van der Waals surface area (Å²) in [5.74, 6) is 0.183. The molecule has 0 aliphatic rings. The lowest BCUT2D eigenvalue weighted by atomic mass is 10.1. The van der Waals surface area contributed by atoms with Crippen molar-refractivity contribution in [3.8, 4) is 5.75 Å². The fourth-order valence-corrected chi connectivity index (χ4v) is 3.27. The number of carbonyl (C=O) groups excluding carboxylic acids is 2. The van der Waals surface area contributed by atoms with Crippen LogP contribution in [0.15, 0.2) is 78.9 Å². The third-order valence-electron chi connectivity index (χ3n) is 5.09. The van der Waals surface area contributed by atoms with Crippen molar-refractivity contribution < 1.29 is 14.3 Å². The van der Waals surface area contributed by atoms with Gasteiger partial charge in [-0.3, -0.25) is 9.59 Å². The normalized spacial score (nSPS) is 10.4. The molecule has 166 valence electrons. The quantitative estimate of drug-likeness (QED) is 0.376. The minimum atomic E-state index is -0.240. The number of hydrogen-bond acceptors (Lipinski definition) is 3. The molecule has 0 unspecified atom stereocenters. The zero-order valence-corrected chi connectivity index (χ0v) is 18.5. The first-order chi connectivity index (χ1) is 15.7. The molecular weight excluding hydrogens is 400 g/mol. The molecule has 5 heteroatoms. The van der Waals surface area contributed by atoms with Gasteiger partial charge in [0.05, 0.1) is 12.2 Å². The number of amides is 2. The lowest BCUT2D eigenvalue weighted by Gasteiger charge is -2.12. The minimum Gasteiger partial charge on any atom is -0.493 e. The van der Waals surface area contributed by atoms with E-state index in [1.807, 2.05) is 48.5 Å². The summed E-state index contributed by atoms with van der Waals surface area (Å²) in [6, 6.07) is 23.8. The molecule has 0 heterocycles. The standard InChI is InChI=1S/C27H30N2O3/c1-2-3-4-10-19-32-25-14-9-8-13-24(25)27(31)29-23-17-15-22(16-18-23)26(30)28-20-21-11-6-5-7-12-21/h5-9,11-18H,2-4,10,19-20H2,1H3,(H,28,30)(H,29,31). The highest BCUT2D eigenvalue weighted by atomic mass is 16.5. The molecule has 0 aromatic heterocycles. The van der Waals surface area contributed by atoms with E-state index in [0.717, 1.165) is 18.4 Å². The van der Waals surface area contributed by atoms with Crippen molar-refractivity contribution in [2.45, 2.75) is 39.2 Å². The van der Waals surface area contributed by atoms with E-state index in [1.54, 1.807) is 30.3 Å². The molecule has 3 aromatic rings. The lowest BCUT2D eigenvalue weighted by molar-refractivity contribution is 0.0950. The second-order valence-electron chi connectivity index (χ2n) is 7.61. The van der Waals surface area contributed by atoms with Gasteiger partial charge in [0.15, 0.2) is 0 Å². The van der Waals surface area contributed by atoms with Crippen LogP contribution in [-0.2, 0) is 6.54 Å². The van der Waals surface area contributed by atoms with E-state index in [-0.39, 0.29) is 11.8 Å². The summed E-state index contributed by atoms with van der Waals surface area (Å²) >= 11 is 0. The van der Waals surface area contributed by atoms with E-state index in [2.05, 4.69) is 17.6 Å². The summed E-state index contributed by atoms with van der Waals surface area (Å²) in [6.45, 7) is 3.23. The maximum atomic E-state index is 12.8. The van der Waals surface area contributed by atoms with Crippen molar-refractivity contribution in [2.75, 3.05) is 11.9 Å². The first-order valence-corrected chi connectivity index (χ1v) is 11.1. The number of nitrogens with one attached hydrogen (secondary N) is 2. The van der Waals surface area contributed by atoms with Crippen LogP contribution in [0, 0.1) is 0 Å². The maximum Gasteiger partial charge on any atom is 0.259 e. The summed E-state index contributed by atoms with van der Waals surface area (Å²) in [7, 11) is 0. The molecule has 0 aliphatic heterocycles. The minimum absolute atomic E-state index is 0.159. The first kappa shape index (κ1) is 23.1. The zero-order chi connectivity index (χ0) is 22.6. The Morgan fingerprint density at radius 2 is 1.50 bits per heavy atom. The molecule has 0 radical (unpaired) electrons. The highest BCUT2D eigenvalue weighted by Gasteiger charge is 2.13. The van der Waals surface area contributed by atoms with Crippen LogP contribution >= 0.6 is 0 Å². The van der Waals surface area contributed by atoms with E-state index < -0.39 is 0 Å². The smallest absolute Gasteiger partial charge is 0.259 e. The molecule has 0 saturated heterocycles. The highest BCUT2D eigenvalue weighted by Crippen LogP contribution is 2.20. The van der Waals surface area contributed by atoms with E-state index in [0.29, 0.717) is 35.7 Å². The van der Waals surface area contributed by atoms with Crippen LogP contribution in [0.4, 0.5) is 5.69 Å². The van der Waals surface area contributed by atoms with Crippen molar-refractivity contribution in [1.29, 1.82) is 0 Å². The molecule has 0 atom stereocenters. The molecule has 0 fully saturated rings. The largest absolute Gasteiger partial charge is 0.493 e. The molecule has 0 saturated carbocycles. The third kappa shape index (κ3) is 6.98. The van der Waals surface area contributed by atoms with Crippen molar-refractivity contribution in [2.24, 2.45) is 0 Å². The van der Waals surface area contributed by atoms with Gasteiger partial charge in [-0.05, 0) is 48.4 Å². The Balaban J connectivity index is 1.55.